The lowest BCUT2D eigenvalue weighted by atomic mass is 10.2. The Kier molecular flexibility index (Phi) is 2.92. The third kappa shape index (κ3) is 2.52. The molecule has 0 aliphatic carbocycles. The van der Waals surface area contributed by atoms with Gasteiger partial charge in [-0.1, -0.05) is 4.98 Å². The van der Waals surface area contributed by atoms with Crippen molar-refractivity contribution in [2.45, 2.75) is 6.54 Å². The molecule has 3 N–H and O–H groups in total. The summed E-state index contributed by atoms with van der Waals surface area (Å²) in [6.07, 6.45) is 2.88. The Hall–Kier alpha value is -2.55. The fourth-order valence-electron chi connectivity index (χ4n) is 1.28. The maximum atomic E-state index is 10.4. The molecule has 0 aromatic carbocycles. The summed E-state index contributed by atoms with van der Waals surface area (Å²) >= 11 is 0. The maximum Gasteiger partial charge on any atom is 0.490 e. The average Bonchev–Trinajstić information content (AvgIpc) is 2.78. The van der Waals surface area contributed by atoms with Crippen molar-refractivity contribution in [3.05, 3.63) is 40.3 Å². The number of nitrogens with one attached hydrogen (secondary N) is 1. The van der Waals surface area contributed by atoms with Crippen LogP contribution in [0.4, 0.5) is 11.8 Å². The van der Waals surface area contributed by atoms with Gasteiger partial charge >= 0.3 is 5.95 Å². The van der Waals surface area contributed by atoms with Gasteiger partial charge in [-0.15, -0.1) is 0 Å². The van der Waals surface area contributed by atoms with Gasteiger partial charge in [0.1, 0.15) is 5.82 Å². The Labute approximate surface area is 95.4 Å². The van der Waals surface area contributed by atoms with Crippen LogP contribution in [0.15, 0.2) is 24.7 Å². The van der Waals surface area contributed by atoms with Gasteiger partial charge in [0, 0.05) is 11.3 Å². The SMILES string of the molecule is NNc1cc(Cn2cnc([N+](=O)[O-])n2)ccn1. The second kappa shape index (κ2) is 4.53. The Balaban J connectivity index is 2.16. The Morgan fingerprint density at radius 1 is 1.53 bits per heavy atom. The molecule has 88 valence electrons. The summed E-state index contributed by atoms with van der Waals surface area (Å²) in [6, 6.07) is 3.47. The summed E-state index contributed by atoms with van der Waals surface area (Å²) in [6.45, 7) is 0.359. The molecular weight excluding hydrogens is 226 g/mol. The summed E-state index contributed by atoms with van der Waals surface area (Å²) in [5.41, 5.74) is 3.27. The molecule has 0 saturated carbocycles. The smallest absolute Gasteiger partial charge is 0.390 e. The van der Waals surface area contributed by atoms with Crippen molar-refractivity contribution in [2.75, 3.05) is 5.43 Å². The number of nitrogens with two attached hydrogens (primary N) is 1. The van der Waals surface area contributed by atoms with Gasteiger partial charge in [0.15, 0.2) is 0 Å². The highest BCUT2D eigenvalue weighted by atomic mass is 16.6. The van der Waals surface area contributed by atoms with E-state index in [-0.39, 0.29) is 0 Å². The van der Waals surface area contributed by atoms with Crippen LogP contribution in [0.2, 0.25) is 0 Å². The van der Waals surface area contributed by atoms with Crippen LogP contribution < -0.4 is 11.3 Å². The first-order valence-corrected chi connectivity index (χ1v) is 4.64. The van der Waals surface area contributed by atoms with Crippen LogP contribution in [-0.2, 0) is 6.54 Å². The highest BCUT2D eigenvalue weighted by molar-refractivity contribution is 5.35. The largest absolute Gasteiger partial charge is 0.490 e. The van der Waals surface area contributed by atoms with E-state index in [0.717, 1.165) is 5.56 Å². The van der Waals surface area contributed by atoms with Gasteiger partial charge in [0.2, 0.25) is 6.33 Å². The molecule has 2 heterocycles. The lowest BCUT2D eigenvalue weighted by Gasteiger charge is -2.01. The molecular formula is C8H9N7O2. The fraction of sp³-hybridized carbons (Fsp3) is 0.125. The second-order valence-corrected chi connectivity index (χ2v) is 3.19. The highest BCUT2D eigenvalue weighted by Gasteiger charge is 2.13. The lowest BCUT2D eigenvalue weighted by Crippen LogP contribution is -2.09. The Morgan fingerprint density at radius 2 is 2.35 bits per heavy atom. The molecule has 2 rings (SSSR count). The van der Waals surface area contributed by atoms with Crippen molar-refractivity contribution >= 4 is 11.8 Å². The summed E-state index contributed by atoms with van der Waals surface area (Å²) < 4.78 is 1.37. The Morgan fingerprint density at radius 3 is 3.00 bits per heavy atom. The molecule has 2 aromatic rings. The molecule has 0 atom stereocenters. The zero-order chi connectivity index (χ0) is 12.3. The minimum atomic E-state index is -0.643. The number of nitro groups is 1. The number of aromatic nitrogens is 4. The van der Waals surface area contributed by atoms with E-state index in [4.69, 9.17) is 5.84 Å². The number of hydrogen-bond acceptors (Lipinski definition) is 7. The van der Waals surface area contributed by atoms with Crippen LogP contribution in [0, 0.1) is 10.1 Å². The van der Waals surface area contributed by atoms with Crippen LogP contribution in [0.1, 0.15) is 5.56 Å². The number of nitrogen functional groups attached to an aromatic ring is 1. The van der Waals surface area contributed by atoms with E-state index < -0.39 is 10.9 Å². The number of nitrogens with zero attached hydrogens (tertiary/aromatic N) is 5. The van der Waals surface area contributed by atoms with E-state index in [1.165, 1.54) is 11.0 Å². The van der Waals surface area contributed by atoms with E-state index >= 15 is 0 Å². The normalized spacial score (nSPS) is 10.2. The van der Waals surface area contributed by atoms with Crippen LogP contribution >= 0.6 is 0 Å². The van der Waals surface area contributed by atoms with Gasteiger partial charge in [0.05, 0.1) is 6.54 Å². The van der Waals surface area contributed by atoms with E-state index in [9.17, 15) is 10.1 Å². The molecule has 0 amide bonds. The van der Waals surface area contributed by atoms with Gasteiger partial charge in [-0.25, -0.2) is 10.8 Å². The van der Waals surface area contributed by atoms with Crippen molar-refractivity contribution in [3.8, 4) is 0 Å². The monoisotopic (exact) mass is 235 g/mol. The number of hydrogen-bond donors (Lipinski definition) is 2. The average molecular weight is 235 g/mol. The third-order valence-electron chi connectivity index (χ3n) is 2.00. The standard InChI is InChI=1S/C8H9N7O2/c9-12-7-3-6(1-2-10-7)4-14-5-11-8(13-14)15(16)17/h1-3,5H,4,9H2,(H,10,12). The first-order valence-electron chi connectivity index (χ1n) is 4.64. The van der Waals surface area contributed by atoms with Crippen LogP contribution in [0.25, 0.3) is 0 Å². The summed E-state index contributed by atoms with van der Waals surface area (Å²) in [7, 11) is 0. The molecule has 9 heteroatoms. The zero-order valence-electron chi connectivity index (χ0n) is 8.65. The van der Waals surface area contributed by atoms with Gasteiger partial charge in [-0.05, 0) is 22.6 Å². The van der Waals surface area contributed by atoms with Crippen LogP contribution in [0.5, 0.6) is 0 Å². The topological polar surface area (TPSA) is 125 Å². The van der Waals surface area contributed by atoms with Crippen molar-refractivity contribution < 1.29 is 4.92 Å². The van der Waals surface area contributed by atoms with Crippen LogP contribution in [0.3, 0.4) is 0 Å². The summed E-state index contributed by atoms with van der Waals surface area (Å²) in [5, 5.41) is 14.1. The first-order chi connectivity index (χ1) is 8.19. The molecule has 0 bridgehead atoms. The van der Waals surface area contributed by atoms with E-state index in [1.54, 1.807) is 18.3 Å². The van der Waals surface area contributed by atoms with Crippen molar-refractivity contribution in [1.82, 2.24) is 19.7 Å². The van der Waals surface area contributed by atoms with E-state index in [1.807, 2.05) is 0 Å². The number of rotatable bonds is 4. The van der Waals surface area contributed by atoms with Gasteiger partial charge in [-0.2, -0.15) is 4.68 Å². The van der Waals surface area contributed by atoms with E-state index in [2.05, 4.69) is 20.5 Å². The molecule has 0 radical (unpaired) electrons. The van der Waals surface area contributed by atoms with Gasteiger partial charge in [0.25, 0.3) is 0 Å². The predicted molar refractivity (Wildman–Crippen MR) is 57.8 cm³/mol. The zero-order valence-corrected chi connectivity index (χ0v) is 8.65. The van der Waals surface area contributed by atoms with Gasteiger partial charge < -0.3 is 15.5 Å². The summed E-state index contributed by atoms with van der Waals surface area (Å²) in [4.78, 5) is 17.2. The first kappa shape index (κ1) is 11.0. The minimum Gasteiger partial charge on any atom is -0.390 e. The predicted octanol–water partition coefficient (Wildman–Crippen LogP) is -0.0848. The lowest BCUT2D eigenvalue weighted by molar-refractivity contribution is -0.394. The molecule has 17 heavy (non-hydrogen) atoms. The third-order valence-corrected chi connectivity index (χ3v) is 2.00. The fourth-order valence-corrected chi connectivity index (χ4v) is 1.28. The van der Waals surface area contributed by atoms with Gasteiger partial charge in [-0.3, -0.25) is 0 Å². The molecule has 9 nitrogen and oxygen atoms in total. The summed E-state index contributed by atoms with van der Waals surface area (Å²) in [5.74, 6) is 5.31. The minimum absolute atomic E-state index is 0.359. The number of pyridine rings is 1. The van der Waals surface area contributed by atoms with Crippen molar-refractivity contribution in [3.63, 3.8) is 0 Å². The number of hydrazine groups is 1. The molecule has 0 aliphatic rings. The van der Waals surface area contributed by atoms with E-state index in [0.29, 0.717) is 12.4 Å². The molecule has 0 unspecified atom stereocenters. The quantitative estimate of drug-likeness (QED) is 0.431. The second-order valence-electron chi connectivity index (χ2n) is 3.19. The molecule has 0 fully saturated rings. The molecule has 0 spiro atoms. The number of anilines is 1. The molecule has 0 aliphatic heterocycles. The molecule has 2 aromatic heterocycles. The van der Waals surface area contributed by atoms with Crippen molar-refractivity contribution in [2.24, 2.45) is 5.84 Å². The maximum absolute atomic E-state index is 10.4. The van der Waals surface area contributed by atoms with Crippen molar-refractivity contribution in [1.29, 1.82) is 0 Å². The Bertz CT molecular complexity index is 538. The van der Waals surface area contributed by atoms with Crippen LogP contribution in [-0.4, -0.2) is 24.7 Å². The molecule has 0 saturated heterocycles. The highest BCUT2D eigenvalue weighted by Crippen LogP contribution is 2.08.